The predicted octanol–water partition coefficient (Wildman–Crippen LogP) is 2.71. The quantitative estimate of drug-likeness (QED) is 0.939. The summed E-state index contributed by atoms with van der Waals surface area (Å²) in [5.41, 5.74) is 1.41. The van der Waals surface area contributed by atoms with Crippen molar-refractivity contribution < 1.29 is 9.53 Å². The van der Waals surface area contributed by atoms with Crippen LogP contribution in [-0.2, 0) is 4.74 Å². The second-order valence-corrected chi connectivity index (χ2v) is 5.59. The second kappa shape index (κ2) is 5.65. The van der Waals surface area contributed by atoms with E-state index in [-0.39, 0.29) is 11.9 Å². The van der Waals surface area contributed by atoms with E-state index >= 15 is 0 Å². The minimum absolute atomic E-state index is 0.0248. The van der Waals surface area contributed by atoms with Crippen LogP contribution in [0.25, 0.3) is 10.2 Å². The fourth-order valence-corrected chi connectivity index (χ4v) is 2.71. The number of benzene rings is 1. The number of carbonyl (C=O) groups excluding carboxylic acids is 1. The summed E-state index contributed by atoms with van der Waals surface area (Å²) in [6.45, 7) is 2.38. The van der Waals surface area contributed by atoms with Crippen molar-refractivity contribution in [3.05, 3.63) is 28.2 Å². The average molecular weight is 285 g/mol. The number of hydrogen-bond donors (Lipinski definition) is 1. The molecule has 0 aliphatic heterocycles. The number of fused-ring (bicyclic) bond motifs is 1. The third-order valence-electron chi connectivity index (χ3n) is 2.42. The van der Waals surface area contributed by atoms with Gasteiger partial charge in [-0.15, -0.1) is 11.3 Å². The monoisotopic (exact) mass is 284 g/mol. The Morgan fingerprint density at radius 3 is 3.11 bits per heavy atom. The molecule has 0 saturated heterocycles. The van der Waals surface area contributed by atoms with Crippen molar-refractivity contribution in [2.24, 2.45) is 0 Å². The molecule has 1 aromatic carbocycles. The second-order valence-electron chi connectivity index (χ2n) is 3.98. The molecular weight excluding hydrogens is 272 g/mol. The molecule has 0 fully saturated rings. The van der Waals surface area contributed by atoms with Gasteiger partial charge in [0.05, 0.1) is 16.8 Å². The number of hydrogen-bond acceptors (Lipinski definition) is 4. The van der Waals surface area contributed by atoms with E-state index in [0.29, 0.717) is 16.6 Å². The molecular formula is C12H13ClN2O2S. The van der Waals surface area contributed by atoms with Gasteiger partial charge >= 0.3 is 0 Å². The molecule has 1 heterocycles. The van der Waals surface area contributed by atoms with Crippen LogP contribution in [0.5, 0.6) is 0 Å². The molecule has 18 heavy (non-hydrogen) atoms. The number of ether oxygens (including phenoxy) is 1. The first-order valence-corrected chi connectivity index (χ1v) is 6.65. The Hall–Kier alpha value is -1.17. The van der Waals surface area contributed by atoms with E-state index in [0.717, 1.165) is 10.2 Å². The average Bonchev–Trinajstić information content (AvgIpc) is 2.68. The molecule has 1 N–H and O–H groups in total. The van der Waals surface area contributed by atoms with Gasteiger partial charge in [0.2, 0.25) is 0 Å². The first kappa shape index (κ1) is 13.3. The van der Waals surface area contributed by atoms with E-state index in [4.69, 9.17) is 16.3 Å². The Balaban J connectivity index is 2.17. The number of methoxy groups -OCH3 is 1. The Bertz CT molecular complexity index is 570. The maximum atomic E-state index is 12.0. The van der Waals surface area contributed by atoms with Crippen LogP contribution < -0.4 is 5.32 Å². The van der Waals surface area contributed by atoms with Crippen LogP contribution in [0.15, 0.2) is 18.2 Å². The number of nitrogens with one attached hydrogen (secondary N) is 1. The van der Waals surface area contributed by atoms with Gasteiger partial charge in [0.1, 0.15) is 0 Å². The van der Waals surface area contributed by atoms with Crippen molar-refractivity contribution >= 4 is 39.1 Å². The molecule has 0 saturated carbocycles. The molecule has 1 aromatic heterocycles. The number of rotatable bonds is 4. The lowest BCUT2D eigenvalue weighted by Gasteiger charge is -2.12. The number of halogens is 1. The van der Waals surface area contributed by atoms with Crippen LogP contribution in [-0.4, -0.2) is 30.6 Å². The summed E-state index contributed by atoms with van der Waals surface area (Å²) in [4.78, 5) is 16.1. The van der Waals surface area contributed by atoms with Gasteiger partial charge in [-0.3, -0.25) is 4.79 Å². The van der Waals surface area contributed by atoms with Crippen molar-refractivity contribution in [1.29, 1.82) is 0 Å². The highest BCUT2D eigenvalue weighted by Gasteiger charge is 2.11. The summed E-state index contributed by atoms with van der Waals surface area (Å²) in [6, 6.07) is 5.32. The Morgan fingerprint density at radius 2 is 2.39 bits per heavy atom. The van der Waals surface area contributed by atoms with Gasteiger partial charge in [0.25, 0.3) is 5.91 Å². The predicted molar refractivity (Wildman–Crippen MR) is 73.4 cm³/mol. The summed E-state index contributed by atoms with van der Waals surface area (Å²) < 4.78 is 6.36. The first-order valence-electron chi connectivity index (χ1n) is 5.46. The van der Waals surface area contributed by atoms with E-state index in [1.165, 1.54) is 11.3 Å². The maximum Gasteiger partial charge on any atom is 0.251 e. The third kappa shape index (κ3) is 2.98. The van der Waals surface area contributed by atoms with Gasteiger partial charge in [0, 0.05) is 18.7 Å². The van der Waals surface area contributed by atoms with Gasteiger partial charge in [-0.25, -0.2) is 4.98 Å². The molecule has 6 heteroatoms. The Labute approximate surface area is 114 Å². The molecule has 2 rings (SSSR count). The maximum absolute atomic E-state index is 12.0. The third-order valence-corrected chi connectivity index (χ3v) is 3.54. The minimum atomic E-state index is -0.119. The number of nitrogens with zero attached hydrogens (tertiary/aromatic N) is 1. The van der Waals surface area contributed by atoms with Gasteiger partial charge < -0.3 is 10.1 Å². The summed E-state index contributed by atoms with van der Waals surface area (Å²) in [5, 5.41) is 2.86. The summed E-state index contributed by atoms with van der Waals surface area (Å²) in [6.07, 6.45) is 0. The fourth-order valence-electron chi connectivity index (χ4n) is 1.64. The van der Waals surface area contributed by atoms with Crippen molar-refractivity contribution in [1.82, 2.24) is 10.3 Å². The molecule has 96 valence electrons. The molecule has 0 unspecified atom stereocenters. The molecule has 0 aliphatic rings. The summed E-state index contributed by atoms with van der Waals surface area (Å²) in [7, 11) is 1.61. The van der Waals surface area contributed by atoms with Crippen LogP contribution in [0.1, 0.15) is 17.3 Å². The largest absolute Gasteiger partial charge is 0.383 e. The van der Waals surface area contributed by atoms with Crippen molar-refractivity contribution in [2.45, 2.75) is 13.0 Å². The van der Waals surface area contributed by atoms with Crippen LogP contribution in [0.3, 0.4) is 0 Å². The van der Waals surface area contributed by atoms with E-state index in [1.807, 2.05) is 6.92 Å². The zero-order chi connectivity index (χ0) is 13.1. The van der Waals surface area contributed by atoms with E-state index in [2.05, 4.69) is 10.3 Å². The lowest BCUT2D eigenvalue weighted by atomic mass is 10.2. The first-order chi connectivity index (χ1) is 8.60. The lowest BCUT2D eigenvalue weighted by Crippen LogP contribution is -2.35. The van der Waals surface area contributed by atoms with Crippen molar-refractivity contribution in [2.75, 3.05) is 13.7 Å². The molecule has 4 nitrogen and oxygen atoms in total. The molecule has 0 radical (unpaired) electrons. The molecule has 1 atom stereocenters. The smallest absolute Gasteiger partial charge is 0.251 e. The zero-order valence-electron chi connectivity index (χ0n) is 10.1. The SMILES string of the molecule is COC[C@@H](C)NC(=O)c1ccc2nc(Cl)sc2c1. The zero-order valence-corrected chi connectivity index (χ0v) is 11.6. The molecule has 2 aromatic rings. The van der Waals surface area contributed by atoms with Crippen LogP contribution in [0.4, 0.5) is 0 Å². The van der Waals surface area contributed by atoms with E-state index < -0.39 is 0 Å². The standard InChI is InChI=1S/C12H13ClN2O2S/c1-7(6-17-2)14-11(16)8-3-4-9-10(5-8)18-12(13)15-9/h3-5,7H,6H2,1-2H3,(H,14,16)/t7-/m1/s1. The fraction of sp³-hybridized carbons (Fsp3) is 0.333. The van der Waals surface area contributed by atoms with Crippen molar-refractivity contribution in [3.63, 3.8) is 0 Å². The number of thiazole rings is 1. The highest BCUT2D eigenvalue weighted by molar-refractivity contribution is 7.22. The molecule has 1 amide bonds. The highest BCUT2D eigenvalue weighted by Crippen LogP contribution is 2.26. The summed E-state index contributed by atoms with van der Waals surface area (Å²) >= 11 is 7.19. The van der Waals surface area contributed by atoms with Gasteiger partial charge in [0.15, 0.2) is 4.47 Å². The van der Waals surface area contributed by atoms with Gasteiger partial charge in [-0.05, 0) is 25.1 Å². The van der Waals surface area contributed by atoms with Crippen molar-refractivity contribution in [3.8, 4) is 0 Å². The molecule has 0 bridgehead atoms. The Morgan fingerprint density at radius 1 is 1.61 bits per heavy atom. The Kier molecular flexibility index (Phi) is 4.16. The van der Waals surface area contributed by atoms with Gasteiger partial charge in [-0.2, -0.15) is 0 Å². The highest BCUT2D eigenvalue weighted by atomic mass is 35.5. The number of aromatic nitrogens is 1. The topological polar surface area (TPSA) is 51.2 Å². The van der Waals surface area contributed by atoms with E-state index in [1.54, 1.807) is 25.3 Å². The van der Waals surface area contributed by atoms with E-state index in [9.17, 15) is 4.79 Å². The number of amides is 1. The molecule has 0 spiro atoms. The number of carbonyl (C=O) groups is 1. The summed E-state index contributed by atoms with van der Waals surface area (Å²) in [5.74, 6) is -0.119. The molecule has 0 aliphatic carbocycles. The van der Waals surface area contributed by atoms with Crippen LogP contribution >= 0.6 is 22.9 Å². The van der Waals surface area contributed by atoms with Gasteiger partial charge in [-0.1, -0.05) is 11.6 Å². The lowest BCUT2D eigenvalue weighted by molar-refractivity contribution is 0.0905. The van der Waals surface area contributed by atoms with Crippen LogP contribution in [0, 0.1) is 0 Å². The normalized spacial score (nSPS) is 12.6. The minimum Gasteiger partial charge on any atom is -0.383 e. The van der Waals surface area contributed by atoms with Crippen LogP contribution in [0.2, 0.25) is 4.47 Å².